The molecule has 0 aromatic carbocycles. The van der Waals surface area contributed by atoms with Crippen LogP contribution < -0.4 is 5.32 Å². The molecule has 0 saturated carbocycles. The van der Waals surface area contributed by atoms with E-state index in [0.717, 1.165) is 5.13 Å². The monoisotopic (exact) mass is 290 g/mol. The van der Waals surface area contributed by atoms with Gasteiger partial charge in [-0.2, -0.15) is 0 Å². The Hall–Kier alpha value is -0.950. The average molecular weight is 290 g/mol. The first kappa shape index (κ1) is 15.1. The number of rotatable bonds is 7. The molecule has 0 aliphatic heterocycles. The molecule has 1 N–H and O–H groups in total. The molecule has 7 heteroatoms. The van der Waals surface area contributed by atoms with Gasteiger partial charge in [0.25, 0.3) is 0 Å². The van der Waals surface area contributed by atoms with Crippen LogP contribution in [0, 0.1) is 0 Å². The molecule has 0 saturated heterocycles. The maximum Gasteiger partial charge on any atom is 0.311 e. The van der Waals surface area contributed by atoms with E-state index in [1.165, 1.54) is 11.3 Å². The second-order valence-corrected chi connectivity index (χ2v) is 6.48. The number of ether oxygens (including phenoxy) is 1. The summed E-state index contributed by atoms with van der Waals surface area (Å²) >= 11 is 1.43. The van der Waals surface area contributed by atoms with Gasteiger partial charge in [0.05, 0.1) is 18.7 Å². The van der Waals surface area contributed by atoms with Crippen LogP contribution in [0.15, 0.2) is 5.38 Å². The fourth-order valence-electron chi connectivity index (χ4n) is 1.18. The molecule has 0 fully saturated rings. The van der Waals surface area contributed by atoms with E-state index in [1.54, 1.807) is 13.2 Å². The van der Waals surface area contributed by atoms with Gasteiger partial charge in [0.15, 0.2) is 5.13 Å². The number of anilines is 1. The molecule has 0 amide bonds. The van der Waals surface area contributed by atoms with Crippen LogP contribution in [0.4, 0.5) is 5.13 Å². The van der Waals surface area contributed by atoms with Crippen LogP contribution in [0.1, 0.15) is 19.5 Å². The van der Waals surface area contributed by atoms with E-state index < -0.39 is 10.8 Å². The third kappa shape index (κ3) is 5.14. The molecular formula is C11H18N2O3S2. The number of carbonyl (C=O) groups excluding carboxylic acids is 1. The average Bonchev–Trinajstić information content (AvgIpc) is 2.73. The topological polar surface area (TPSA) is 68.3 Å². The van der Waals surface area contributed by atoms with Crippen molar-refractivity contribution in [2.45, 2.75) is 25.5 Å². The van der Waals surface area contributed by atoms with Gasteiger partial charge in [-0.3, -0.25) is 9.00 Å². The van der Waals surface area contributed by atoms with E-state index in [9.17, 15) is 9.00 Å². The van der Waals surface area contributed by atoms with Gasteiger partial charge in [0.1, 0.15) is 0 Å². The quantitative estimate of drug-likeness (QED) is 0.769. The van der Waals surface area contributed by atoms with Gasteiger partial charge in [-0.1, -0.05) is 0 Å². The van der Waals surface area contributed by atoms with Gasteiger partial charge in [0.2, 0.25) is 0 Å². The fourth-order valence-corrected chi connectivity index (χ4v) is 2.22. The van der Waals surface area contributed by atoms with Crippen molar-refractivity contribution >= 4 is 33.2 Å². The molecule has 0 radical (unpaired) electrons. The number of nitrogens with one attached hydrogen (secondary N) is 1. The van der Waals surface area contributed by atoms with Crippen LogP contribution >= 0.6 is 11.3 Å². The molecule has 1 rings (SSSR count). The Bertz CT molecular complexity index is 420. The second-order valence-electron chi connectivity index (χ2n) is 3.82. The van der Waals surface area contributed by atoms with Gasteiger partial charge in [-0.05, 0) is 13.8 Å². The molecular weight excluding hydrogens is 272 g/mol. The summed E-state index contributed by atoms with van der Waals surface area (Å²) in [5.41, 5.74) is 0.700. The number of esters is 1. The molecule has 5 nitrogen and oxygen atoms in total. The van der Waals surface area contributed by atoms with E-state index in [0.29, 0.717) is 18.8 Å². The lowest BCUT2D eigenvalue weighted by atomic mass is 10.3. The summed E-state index contributed by atoms with van der Waals surface area (Å²) in [6.45, 7) is 4.68. The molecule has 102 valence electrons. The highest BCUT2D eigenvalue weighted by atomic mass is 32.2. The number of carbonyl (C=O) groups is 1. The summed E-state index contributed by atoms with van der Waals surface area (Å²) in [5, 5.41) is 5.75. The molecule has 0 aliphatic rings. The first-order chi connectivity index (χ1) is 8.52. The molecule has 0 spiro atoms. The zero-order chi connectivity index (χ0) is 13.5. The summed E-state index contributed by atoms with van der Waals surface area (Å²) in [5.74, 6) is -0.266. The highest BCUT2D eigenvalue weighted by molar-refractivity contribution is 7.84. The number of aromatic nitrogens is 1. The van der Waals surface area contributed by atoms with Crippen LogP contribution in [0.3, 0.4) is 0 Å². The van der Waals surface area contributed by atoms with Gasteiger partial charge in [0, 0.05) is 34.2 Å². The van der Waals surface area contributed by atoms with Crippen molar-refractivity contribution in [3.8, 4) is 0 Å². The third-order valence-electron chi connectivity index (χ3n) is 2.29. The molecule has 2 unspecified atom stereocenters. The molecule has 1 aromatic rings. The van der Waals surface area contributed by atoms with E-state index in [2.05, 4.69) is 10.3 Å². The first-order valence-corrected chi connectivity index (χ1v) is 8.19. The lowest BCUT2D eigenvalue weighted by Crippen LogP contribution is -2.20. The van der Waals surface area contributed by atoms with Crippen LogP contribution in [-0.2, 0) is 26.8 Å². The largest absolute Gasteiger partial charge is 0.466 e. The fraction of sp³-hybridized carbons (Fsp3) is 0.636. The van der Waals surface area contributed by atoms with Crippen molar-refractivity contribution in [2.24, 2.45) is 0 Å². The molecule has 1 aromatic heterocycles. The van der Waals surface area contributed by atoms with Gasteiger partial charge >= 0.3 is 5.97 Å². The number of nitrogens with zero attached hydrogens (tertiary/aromatic N) is 1. The summed E-state index contributed by atoms with van der Waals surface area (Å²) in [6, 6.07) is 0. The van der Waals surface area contributed by atoms with E-state index in [4.69, 9.17) is 4.74 Å². The first-order valence-electron chi connectivity index (χ1n) is 5.69. The second kappa shape index (κ2) is 7.48. The Labute approximate surface area is 113 Å². The van der Waals surface area contributed by atoms with Crippen molar-refractivity contribution < 1.29 is 13.7 Å². The van der Waals surface area contributed by atoms with Crippen LogP contribution in [0.5, 0.6) is 0 Å². The van der Waals surface area contributed by atoms with E-state index >= 15 is 0 Å². The minimum Gasteiger partial charge on any atom is -0.466 e. The van der Waals surface area contributed by atoms with Gasteiger partial charge in [-0.25, -0.2) is 4.98 Å². The maximum atomic E-state index is 11.3. The lowest BCUT2D eigenvalue weighted by molar-refractivity contribution is -0.142. The summed E-state index contributed by atoms with van der Waals surface area (Å²) in [6.07, 6.45) is 1.88. The Morgan fingerprint density at radius 2 is 2.39 bits per heavy atom. The van der Waals surface area contributed by atoms with Gasteiger partial charge < -0.3 is 10.1 Å². The van der Waals surface area contributed by atoms with Gasteiger partial charge in [-0.15, -0.1) is 11.3 Å². The van der Waals surface area contributed by atoms with Crippen molar-refractivity contribution in [3.63, 3.8) is 0 Å². The lowest BCUT2D eigenvalue weighted by Gasteiger charge is -2.08. The predicted octanol–water partition coefficient (Wildman–Crippen LogP) is 1.43. The molecule has 0 bridgehead atoms. The third-order valence-corrected chi connectivity index (χ3v) is 4.44. The van der Waals surface area contributed by atoms with Crippen molar-refractivity contribution in [1.29, 1.82) is 0 Å². The zero-order valence-corrected chi connectivity index (χ0v) is 12.4. The Kier molecular flexibility index (Phi) is 6.28. The Balaban J connectivity index is 2.43. The smallest absolute Gasteiger partial charge is 0.311 e. The Morgan fingerprint density at radius 3 is 3.00 bits per heavy atom. The SMILES string of the molecule is CCOC(=O)Cc1csc(NCC(C)S(C)=O)n1. The highest BCUT2D eigenvalue weighted by Gasteiger charge is 2.10. The number of hydrogen-bond donors (Lipinski definition) is 1. The van der Waals surface area contributed by atoms with E-state index in [-0.39, 0.29) is 17.6 Å². The van der Waals surface area contributed by atoms with Crippen LogP contribution in [-0.4, -0.2) is 39.8 Å². The summed E-state index contributed by atoms with van der Waals surface area (Å²) < 4.78 is 16.0. The van der Waals surface area contributed by atoms with E-state index in [1.807, 2.05) is 12.3 Å². The molecule has 18 heavy (non-hydrogen) atoms. The summed E-state index contributed by atoms with van der Waals surface area (Å²) in [4.78, 5) is 15.5. The van der Waals surface area contributed by atoms with Crippen LogP contribution in [0.25, 0.3) is 0 Å². The van der Waals surface area contributed by atoms with Crippen LogP contribution in [0.2, 0.25) is 0 Å². The van der Waals surface area contributed by atoms with Crippen molar-refractivity contribution in [2.75, 3.05) is 24.7 Å². The van der Waals surface area contributed by atoms with Crippen molar-refractivity contribution in [1.82, 2.24) is 4.98 Å². The Morgan fingerprint density at radius 1 is 1.67 bits per heavy atom. The normalized spacial score (nSPS) is 13.9. The zero-order valence-electron chi connectivity index (χ0n) is 10.8. The molecule has 1 heterocycles. The number of hydrogen-bond acceptors (Lipinski definition) is 6. The van der Waals surface area contributed by atoms with Crippen molar-refractivity contribution in [3.05, 3.63) is 11.1 Å². The standard InChI is InChI=1S/C11H18N2O3S2/c1-4-16-10(14)5-9-7-17-11(13-9)12-6-8(2)18(3)15/h7-8H,4-6H2,1-3H3,(H,12,13). The highest BCUT2D eigenvalue weighted by Crippen LogP contribution is 2.16. The number of thiazole rings is 1. The minimum atomic E-state index is -0.849. The molecule has 0 aliphatic carbocycles. The predicted molar refractivity (Wildman–Crippen MR) is 74.5 cm³/mol. The summed E-state index contributed by atoms with van der Waals surface area (Å²) in [7, 11) is -0.849. The maximum absolute atomic E-state index is 11.3. The molecule has 2 atom stereocenters. The minimum absolute atomic E-state index is 0.0717.